The van der Waals surface area contributed by atoms with E-state index in [2.05, 4.69) is 10.6 Å². The van der Waals surface area contributed by atoms with Gasteiger partial charge in [-0.2, -0.15) is 0 Å². The average molecular weight is 275 g/mol. The van der Waals surface area contributed by atoms with Crippen molar-refractivity contribution in [1.29, 1.82) is 0 Å². The van der Waals surface area contributed by atoms with Crippen molar-refractivity contribution in [3.05, 3.63) is 29.8 Å². The number of hydrogen-bond acceptors (Lipinski definition) is 3. The summed E-state index contributed by atoms with van der Waals surface area (Å²) in [4.78, 5) is 23.8. The molecule has 1 saturated carbocycles. The zero-order valence-corrected chi connectivity index (χ0v) is 11.7. The Kier molecular flexibility index (Phi) is 4.74. The molecule has 0 spiro atoms. The molecular weight excluding hydrogens is 254 g/mol. The Morgan fingerprint density at radius 1 is 1.35 bits per heavy atom. The van der Waals surface area contributed by atoms with Gasteiger partial charge in [-0.1, -0.05) is 12.5 Å². The van der Waals surface area contributed by atoms with Crippen LogP contribution in [0.25, 0.3) is 0 Å². The predicted octanol–water partition coefficient (Wildman–Crippen LogP) is 1.36. The molecule has 1 fully saturated rings. The van der Waals surface area contributed by atoms with E-state index in [1.165, 1.54) is 0 Å². The van der Waals surface area contributed by atoms with E-state index >= 15 is 0 Å². The monoisotopic (exact) mass is 275 g/mol. The smallest absolute Gasteiger partial charge is 0.251 e. The summed E-state index contributed by atoms with van der Waals surface area (Å²) in [6, 6.07) is 6.95. The van der Waals surface area contributed by atoms with Gasteiger partial charge >= 0.3 is 0 Å². The van der Waals surface area contributed by atoms with E-state index in [0.717, 1.165) is 19.3 Å². The number of carbonyl (C=O) groups is 2. The quantitative estimate of drug-likeness (QED) is 0.775. The molecule has 20 heavy (non-hydrogen) atoms. The SMILES string of the molecule is CNC(=O)c1cccc(NC(=O)C2CCCC2CN)c1. The standard InChI is InChI=1S/C15H21N3O2/c1-17-14(19)10-4-2-6-12(8-10)18-15(20)13-7-3-5-11(13)9-16/h2,4,6,8,11,13H,3,5,7,9,16H2,1H3,(H,17,19)(H,18,20). The predicted molar refractivity (Wildman–Crippen MR) is 78.3 cm³/mol. The van der Waals surface area contributed by atoms with Crippen LogP contribution in [-0.2, 0) is 4.79 Å². The van der Waals surface area contributed by atoms with Gasteiger partial charge in [-0.25, -0.2) is 0 Å². The van der Waals surface area contributed by atoms with Crippen molar-refractivity contribution in [3.8, 4) is 0 Å². The van der Waals surface area contributed by atoms with E-state index in [0.29, 0.717) is 17.8 Å². The summed E-state index contributed by atoms with van der Waals surface area (Å²) < 4.78 is 0. The number of hydrogen-bond donors (Lipinski definition) is 3. The Hall–Kier alpha value is -1.88. The highest BCUT2D eigenvalue weighted by molar-refractivity contribution is 5.97. The molecule has 0 aromatic heterocycles. The molecule has 0 heterocycles. The van der Waals surface area contributed by atoms with Gasteiger partial charge in [0.25, 0.3) is 5.91 Å². The van der Waals surface area contributed by atoms with Crippen LogP contribution in [0.2, 0.25) is 0 Å². The molecule has 1 aliphatic rings. The fraction of sp³-hybridized carbons (Fsp3) is 0.467. The molecule has 1 aliphatic carbocycles. The zero-order valence-electron chi connectivity index (χ0n) is 11.7. The summed E-state index contributed by atoms with van der Waals surface area (Å²) >= 11 is 0. The number of carbonyl (C=O) groups excluding carboxylic acids is 2. The molecule has 4 N–H and O–H groups in total. The normalized spacial score (nSPS) is 21.5. The molecule has 1 aromatic carbocycles. The lowest BCUT2D eigenvalue weighted by Crippen LogP contribution is -2.29. The maximum atomic E-state index is 12.3. The zero-order chi connectivity index (χ0) is 14.5. The maximum absolute atomic E-state index is 12.3. The lowest BCUT2D eigenvalue weighted by atomic mass is 9.95. The first kappa shape index (κ1) is 14.5. The van der Waals surface area contributed by atoms with Crippen LogP contribution in [0.4, 0.5) is 5.69 Å². The highest BCUT2D eigenvalue weighted by Gasteiger charge is 2.31. The molecule has 1 aromatic rings. The van der Waals surface area contributed by atoms with E-state index in [4.69, 9.17) is 5.73 Å². The molecule has 0 aliphatic heterocycles. The Balaban J connectivity index is 2.06. The minimum absolute atomic E-state index is 0.00649. The van der Waals surface area contributed by atoms with E-state index in [9.17, 15) is 9.59 Å². The number of nitrogens with two attached hydrogens (primary N) is 1. The lowest BCUT2D eigenvalue weighted by molar-refractivity contribution is -0.120. The van der Waals surface area contributed by atoms with Crippen molar-refractivity contribution in [3.63, 3.8) is 0 Å². The Bertz CT molecular complexity index is 502. The van der Waals surface area contributed by atoms with Crippen LogP contribution >= 0.6 is 0 Å². The first-order valence-corrected chi connectivity index (χ1v) is 6.98. The topological polar surface area (TPSA) is 84.2 Å². The van der Waals surface area contributed by atoms with Crippen molar-refractivity contribution in [1.82, 2.24) is 5.32 Å². The molecule has 0 saturated heterocycles. The van der Waals surface area contributed by atoms with Crippen LogP contribution < -0.4 is 16.4 Å². The van der Waals surface area contributed by atoms with Gasteiger partial charge in [0.2, 0.25) is 5.91 Å². The molecule has 5 heteroatoms. The minimum Gasteiger partial charge on any atom is -0.355 e. The molecular formula is C15H21N3O2. The van der Waals surface area contributed by atoms with E-state index in [1.807, 2.05) is 0 Å². The fourth-order valence-electron chi connectivity index (χ4n) is 2.78. The van der Waals surface area contributed by atoms with Crippen LogP contribution in [0, 0.1) is 11.8 Å². The van der Waals surface area contributed by atoms with Gasteiger partial charge in [0.1, 0.15) is 0 Å². The largest absolute Gasteiger partial charge is 0.355 e. The van der Waals surface area contributed by atoms with Gasteiger partial charge in [0.15, 0.2) is 0 Å². The van der Waals surface area contributed by atoms with Crippen LogP contribution in [-0.4, -0.2) is 25.4 Å². The third kappa shape index (κ3) is 3.17. The third-order valence-corrected chi connectivity index (χ3v) is 3.92. The van der Waals surface area contributed by atoms with Crippen molar-refractivity contribution in [2.24, 2.45) is 17.6 Å². The van der Waals surface area contributed by atoms with Gasteiger partial charge in [-0.15, -0.1) is 0 Å². The van der Waals surface area contributed by atoms with Gasteiger partial charge in [0, 0.05) is 24.2 Å². The van der Waals surface area contributed by atoms with Crippen LogP contribution in [0.3, 0.4) is 0 Å². The number of rotatable bonds is 4. The summed E-state index contributed by atoms with van der Waals surface area (Å²) in [7, 11) is 1.58. The highest BCUT2D eigenvalue weighted by Crippen LogP contribution is 2.31. The summed E-state index contributed by atoms with van der Waals surface area (Å²) in [6.45, 7) is 0.552. The summed E-state index contributed by atoms with van der Waals surface area (Å²) in [5.41, 5.74) is 6.89. The fourth-order valence-corrected chi connectivity index (χ4v) is 2.78. The number of nitrogens with one attached hydrogen (secondary N) is 2. The Labute approximate surface area is 118 Å². The van der Waals surface area contributed by atoms with E-state index in [1.54, 1.807) is 31.3 Å². The Morgan fingerprint density at radius 2 is 2.15 bits per heavy atom. The minimum atomic E-state index is -0.165. The maximum Gasteiger partial charge on any atom is 0.251 e. The van der Waals surface area contributed by atoms with E-state index in [-0.39, 0.29) is 23.7 Å². The average Bonchev–Trinajstić information content (AvgIpc) is 2.95. The van der Waals surface area contributed by atoms with E-state index < -0.39 is 0 Å². The van der Waals surface area contributed by atoms with Crippen molar-refractivity contribution < 1.29 is 9.59 Å². The summed E-state index contributed by atoms with van der Waals surface area (Å²) in [6.07, 6.45) is 2.97. The molecule has 108 valence electrons. The first-order chi connectivity index (χ1) is 9.65. The molecule has 0 radical (unpaired) electrons. The van der Waals surface area contributed by atoms with Gasteiger partial charge < -0.3 is 16.4 Å². The van der Waals surface area contributed by atoms with Gasteiger partial charge in [0.05, 0.1) is 0 Å². The Morgan fingerprint density at radius 3 is 2.85 bits per heavy atom. The molecule has 2 atom stereocenters. The summed E-state index contributed by atoms with van der Waals surface area (Å²) in [5.74, 6) is 0.106. The highest BCUT2D eigenvalue weighted by atomic mass is 16.2. The van der Waals surface area contributed by atoms with Crippen molar-refractivity contribution >= 4 is 17.5 Å². The second-order valence-electron chi connectivity index (χ2n) is 5.18. The number of amides is 2. The van der Waals surface area contributed by atoms with Crippen LogP contribution in [0.15, 0.2) is 24.3 Å². The molecule has 0 bridgehead atoms. The van der Waals surface area contributed by atoms with Gasteiger partial charge in [-0.3, -0.25) is 9.59 Å². The lowest BCUT2D eigenvalue weighted by Gasteiger charge is -2.17. The summed E-state index contributed by atoms with van der Waals surface area (Å²) in [5, 5.41) is 5.46. The molecule has 5 nitrogen and oxygen atoms in total. The van der Waals surface area contributed by atoms with Gasteiger partial charge in [-0.05, 0) is 43.5 Å². The van der Waals surface area contributed by atoms with Crippen molar-refractivity contribution in [2.45, 2.75) is 19.3 Å². The first-order valence-electron chi connectivity index (χ1n) is 6.98. The van der Waals surface area contributed by atoms with Crippen LogP contribution in [0.1, 0.15) is 29.6 Å². The number of anilines is 1. The molecule has 2 rings (SSSR count). The second-order valence-corrected chi connectivity index (χ2v) is 5.18. The number of benzene rings is 1. The molecule has 2 amide bonds. The van der Waals surface area contributed by atoms with Crippen molar-refractivity contribution in [2.75, 3.05) is 18.9 Å². The molecule has 2 unspecified atom stereocenters. The third-order valence-electron chi connectivity index (χ3n) is 3.92. The van der Waals surface area contributed by atoms with Crippen LogP contribution in [0.5, 0.6) is 0 Å². The second kappa shape index (κ2) is 6.52.